The molecular weight excluding hydrogens is 238 g/mol. The lowest BCUT2D eigenvalue weighted by atomic mass is 10.1. The number of aromatic hydroxyl groups is 1. The topological polar surface area (TPSA) is 49.3 Å². The molecule has 2 aromatic rings. The molecule has 1 amide bonds. The summed E-state index contributed by atoms with van der Waals surface area (Å²) in [5.74, 6) is -0.0397. The third-order valence-electron chi connectivity index (χ3n) is 3.17. The maximum atomic E-state index is 12.0. The van der Waals surface area contributed by atoms with E-state index in [9.17, 15) is 9.90 Å². The predicted octanol–water partition coefficient (Wildman–Crippen LogP) is 2.94. The van der Waals surface area contributed by atoms with E-state index in [1.54, 1.807) is 19.1 Å². The summed E-state index contributed by atoms with van der Waals surface area (Å²) < 4.78 is 0. The molecule has 0 fully saturated rings. The van der Waals surface area contributed by atoms with Crippen LogP contribution in [0.3, 0.4) is 0 Å². The molecule has 0 aliphatic carbocycles. The molecule has 0 radical (unpaired) electrons. The molecule has 19 heavy (non-hydrogen) atoms. The SMILES string of the molecule is Cc1ccc(C(=O)NCc2ccccc2C)cc1O. The van der Waals surface area contributed by atoms with Gasteiger partial charge in [0, 0.05) is 12.1 Å². The van der Waals surface area contributed by atoms with Crippen molar-refractivity contribution in [3.05, 3.63) is 64.7 Å². The zero-order valence-electron chi connectivity index (χ0n) is 11.1. The number of carbonyl (C=O) groups is 1. The van der Waals surface area contributed by atoms with Gasteiger partial charge < -0.3 is 10.4 Å². The maximum absolute atomic E-state index is 12.0. The fraction of sp³-hybridized carbons (Fsp3) is 0.188. The Labute approximate surface area is 112 Å². The average Bonchev–Trinajstić information content (AvgIpc) is 2.40. The molecule has 0 aromatic heterocycles. The zero-order chi connectivity index (χ0) is 13.8. The molecule has 2 aromatic carbocycles. The van der Waals surface area contributed by atoms with Crippen molar-refractivity contribution in [3.63, 3.8) is 0 Å². The summed E-state index contributed by atoms with van der Waals surface area (Å²) in [6, 6.07) is 12.9. The van der Waals surface area contributed by atoms with Gasteiger partial charge in [0.1, 0.15) is 5.75 Å². The van der Waals surface area contributed by atoms with Crippen molar-refractivity contribution in [1.29, 1.82) is 0 Å². The molecule has 3 heteroatoms. The second kappa shape index (κ2) is 5.57. The fourth-order valence-corrected chi connectivity index (χ4v) is 1.84. The lowest BCUT2D eigenvalue weighted by Crippen LogP contribution is -2.23. The van der Waals surface area contributed by atoms with Crippen molar-refractivity contribution in [2.75, 3.05) is 0 Å². The Hall–Kier alpha value is -2.29. The minimum atomic E-state index is -0.182. The van der Waals surface area contributed by atoms with Crippen molar-refractivity contribution in [2.24, 2.45) is 0 Å². The van der Waals surface area contributed by atoms with Gasteiger partial charge in [-0.2, -0.15) is 0 Å². The number of rotatable bonds is 3. The van der Waals surface area contributed by atoms with E-state index < -0.39 is 0 Å². The summed E-state index contributed by atoms with van der Waals surface area (Å²) in [5.41, 5.74) is 3.47. The van der Waals surface area contributed by atoms with Gasteiger partial charge in [-0.3, -0.25) is 4.79 Å². The van der Waals surface area contributed by atoms with Crippen LogP contribution >= 0.6 is 0 Å². The van der Waals surface area contributed by atoms with E-state index in [0.717, 1.165) is 16.7 Å². The highest BCUT2D eigenvalue weighted by molar-refractivity contribution is 5.94. The van der Waals surface area contributed by atoms with E-state index in [-0.39, 0.29) is 11.7 Å². The predicted molar refractivity (Wildman–Crippen MR) is 75.2 cm³/mol. The van der Waals surface area contributed by atoms with E-state index in [2.05, 4.69) is 5.32 Å². The molecule has 0 atom stereocenters. The highest BCUT2D eigenvalue weighted by Crippen LogP contribution is 2.17. The van der Waals surface area contributed by atoms with E-state index in [1.807, 2.05) is 31.2 Å². The number of hydrogen-bond acceptors (Lipinski definition) is 2. The normalized spacial score (nSPS) is 10.2. The van der Waals surface area contributed by atoms with Crippen LogP contribution in [0.2, 0.25) is 0 Å². The van der Waals surface area contributed by atoms with Gasteiger partial charge in [-0.25, -0.2) is 0 Å². The molecule has 0 heterocycles. The Bertz CT molecular complexity index is 605. The van der Waals surface area contributed by atoms with Gasteiger partial charge in [0.05, 0.1) is 0 Å². The van der Waals surface area contributed by atoms with Gasteiger partial charge in [-0.15, -0.1) is 0 Å². The van der Waals surface area contributed by atoms with Crippen molar-refractivity contribution in [1.82, 2.24) is 5.32 Å². The minimum Gasteiger partial charge on any atom is -0.508 e. The summed E-state index contributed by atoms with van der Waals surface area (Å²) in [6.07, 6.45) is 0. The fourth-order valence-electron chi connectivity index (χ4n) is 1.84. The van der Waals surface area contributed by atoms with Crippen LogP contribution < -0.4 is 5.32 Å². The third kappa shape index (κ3) is 3.13. The molecule has 2 rings (SSSR count). The second-order valence-electron chi connectivity index (χ2n) is 4.61. The lowest BCUT2D eigenvalue weighted by molar-refractivity contribution is 0.0950. The van der Waals surface area contributed by atoms with Crippen LogP contribution in [0.1, 0.15) is 27.0 Å². The van der Waals surface area contributed by atoms with Crippen molar-refractivity contribution in [3.8, 4) is 5.75 Å². The Morgan fingerprint density at radius 3 is 2.53 bits per heavy atom. The van der Waals surface area contributed by atoms with Crippen LogP contribution in [0.15, 0.2) is 42.5 Å². The third-order valence-corrected chi connectivity index (χ3v) is 3.17. The van der Waals surface area contributed by atoms with Crippen molar-refractivity contribution in [2.45, 2.75) is 20.4 Å². The lowest BCUT2D eigenvalue weighted by Gasteiger charge is -2.08. The van der Waals surface area contributed by atoms with Gasteiger partial charge in [-0.1, -0.05) is 30.3 Å². The molecule has 98 valence electrons. The Morgan fingerprint density at radius 2 is 1.84 bits per heavy atom. The quantitative estimate of drug-likeness (QED) is 0.886. The van der Waals surface area contributed by atoms with Crippen LogP contribution in [-0.4, -0.2) is 11.0 Å². The van der Waals surface area contributed by atoms with E-state index in [0.29, 0.717) is 12.1 Å². The van der Waals surface area contributed by atoms with Gasteiger partial charge >= 0.3 is 0 Å². The summed E-state index contributed by atoms with van der Waals surface area (Å²) in [5, 5.41) is 12.5. The van der Waals surface area contributed by atoms with Crippen LogP contribution in [0.4, 0.5) is 0 Å². The summed E-state index contributed by atoms with van der Waals surface area (Å²) >= 11 is 0. The minimum absolute atomic E-state index is 0.142. The number of aryl methyl sites for hydroxylation is 2. The number of carbonyl (C=O) groups excluding carboxylic acids is 1. The number of hydrogen-bond donors (Lipinski definition) is 2. The first-order chi connectivity index (χ1) is 9.08. The first-order valence-electron chi connectivity index (χ1n) is 6.20. The van der Waals surface area contributed by atoms with Gasteiger partial charge in [0.25, 0.3) is 5.91 Å². The highest BCUT2D eigenvalue weighted by Gasteiger charge is 2.07. The monoisotopic (exact) mass is 255 g/mol. The largest absolute Gasteiger partial charge is 0.508 e. The number of amides is 1. The number of phenols is 1. The van der Waals surface area contributed by atoms with Crippen LogP contribution in [0.25, 0.3) is 0 Å². The Balaban J connectivity index is 2.05. The van der Waals surface area contributed by atoms with Crippen LogP contribution in [0, 0.1) is 13.8 Å². The summed E-state index contributed by atoms with van der Waals surface area (Å²) in [4.78, 5) is 12.0. The van der Waals surface area contributed by atoms with E-state index in [1.165, 1.54) is 6.07 Å². The van der Waals surface area contributed by atoms with Gasteiger partial charge in [0.15, 0.2) is 0 Å². The molecule has 2 N–H and O–H groups in total. The summed E-state index contributed by atoms with van der Waals surface area (Å²) in [7, 11) is 0. The van der Waals surface area contributed by atoms with Crippen molar-refractivity contribution < 1.29 is 9.90 Å². The maximum Gasteiger partial charge on any atom is 0.251 e. The van der Waals surface area contributed by atoms with Crippen molar-refractivity contribution >= 4 is 5.91 Å². The van der Waals surface area contributed by atoms with Gasteiger partial charge in [-0.05, 0) is 42.7 Å². The molecule has 0 aliphatic heterocycles. The number of phenolic OH excluding ortho intramolecular Hbond substituents is 1. The molecule has 3 nitrogen and oxygen atoms in total. The number of benzene rings is 2. The second-order valence-corrected chi connectivity index (χ2v) is 4.61. The molecular formula is C16H17NO2. The average molecular weight is 255 g/mol. The molecule has 0 spiro atoms. The zero-order valence-corrected chi connectivity index (χ0v) is 11.1. The molecule has 0 unspecified atom stereocenters. The van der Waals surface area contributed by atoms with E-state index in [4.69, 9.17) is 0 Å². The molecule has 0 saturated heterocycles. The molecule has 0 bridgehead atoms. The van der Waals surface area contributed by atoms with E-state index >= 15 is 0 Å². The Kier molecular flexibility index (Phi) is 3.85. The first-order valence-corrected chi connectivity index (χ1v) is 6.20. The smallest absolute Gasteiger partial charge is 0.251 e. The number of nitrogens with one attached hydrogen (secondary N) is 1. The standard InChI is InChI=1S/C16H17NO2/c1-11-5-3-4-6-14(11)10-17-16(19)13-8-7-12(2)15(18)9-13/h3-9,18H,10H2,1-2H3,(H,17,19). The molecule has 0 aliphatic rings. The Morgan fingerprint density at radius 1 is 1.11 bits per heavy atom. The van der Waals surface area contributed by atoms with Crippen LogP contribution in [0.5, 0.6) is 5.75 Å². The first kappa shape index (κ1) is 13.1. The molecule has 0 saturated carbocycles. The highest BCUT2D eigenvalue weighted by atomic mass is 16.3. The summed E-state index contributed by atoms with van der Waals surface area (Å²) in [6.45, 7) is 4.30. The van der Waals surface area contributed by atoms with Crippen LogP contribution in [-0.2, 0) is 6.54 Å². The van der Waals surface area contributed by atoms with Gasteiger partial charge in [0.2, 0.25) is 0 Å².